The highest BCUT2D eigenvalue weighted by molar-refractivity contribution is 6.06. The summed E-state index contributed by atoms with van der Waals surface area (Å²) in [6, 6.07) is 8.12. The molecule has 26 heavy (non-hydrogen) atoms. The fraction of sp³-hybridized carbons (Fsp3) is 0.600. The van der Waals surface area contributed by atoms with Crippen LogP contribution in [0.25, 0.3) is 0 Å². The van der Waals surface area contributed by atoms with Gasteiger partial charge in [-0.25, -0.2) is 4.99 Å². The number of benzene rings is 1. The van der Waals surface area contributed by atoms with E-state index >= 15 is 0 Å². The predicted octanol–water partition coefficient (Wildman–Crippen LogP) is 2.63. The summed E-state index contributed by atoms with van der Waals surface area (Å²) >= 11 is 0. The van der Waals surface area contributed by atoms with Crippen molar-refractivity contribution in [3.63, 3.8) is 0 Å². The zero-order valence-corrected chi connectivity index (χ0v) is 16.1. The summed E-state index contributed by atoms with van der Waals surface area (Å²) in [5.41, 5.74) is 6.46. The highest BCUT2D eigenvalue weighted by Crippen LogP contribution is 2.40. The molecule has 2 N–H and O–H groups in total. The van der Waals surface area contributed by atoms with E-state index in [0.717, 1.165) is 56.6 Å². The number of piperidine rings is 1. The first kappa shape index (κ1) is 18.5. The summed E-state index contributed by atoms with van der Waals surface area (Å²) in [6.45, 7) is 3.94. The third kappa shape index (κ3) is 3.24. The van der Waals surface area contributed by atoms with E-state index in [-0.39, 0.29) is 11.8 Å². The van der Waals surface area contributed by atoms with Gasteiger partial charge < -0.3 is 15.4 Å². The minimum Gasteiger partial charge on any atom is -0.497 e. The van der Waals surface area contributed by atoms with Crippen LogP contribution in [0.1, 0.15) is 39.0 Å². The van der Waals surface area contributed by atoms with Gasteiger partial charge >= 0.3 is 0 Å². The maximum atomic E-state index is 13.1. The number of hydrogen-bond acceptors (Lipinski definition) is 5. The van der Waals surface area contributed by atoms with Crippen LogP contribution in [0.5, 0.6) is 5.75 Å². The number of amides is 1. The average molecular weight is 358 g/mol. The van der Waals surface area contributed by atoms with E-state index in [2.05, 4.69) is 24.0 Å². The number of unbranched alkanes of at least 4 members (excludes halogenated alkanes) is 1. The van der Waals surface area contributed by atoms with Gasteiger partial charge in [0.15, 0.2) is 5.96 Å². The zero-order valence-electron chi connectivity index (χ0n) is 16.1. The normalized spacial score (nSPS) is 26.2. The molecule has 0 saturated carbocycles. The number of carbonyl (C=O) groups excluding carboxylic acids is 1. The molecule has 0 spiro atoms. The first-order valence-electron chi connectivity index (χ1n) is 9.54. The van der Waals surface area contributed by atoms with Crippen LogP contribution in [0, 0.1) is 5.92 Å². The van der Waals surface area contributed by atoms with Gasteiger partial charge in [-0.15, -0.1) is 0 Å². The van der Waals surface area contributed by atoms with Crippen molar-refractivity contribution in [2.45, 2.75) is 44.6 Å². The number of methoxy groups -OCH3 is 1. The Morgan fingerprint density at radius 2 is 2.23 bits per heavy atom. The zero-order chi connectivity index (χ0) is 18.7. The summed E-state index contributed by atoms with van der Waals surface area (Å²) in [4.78, 5) is 21.7. The third-order valence-corrected chi connectivity index (χ3v) is 5.76. The van der Waals surface area contributed by atoms with Crippen LogP contribution in [0.15, 0.2) is 29.3 Å². The van der Waals surface area contributed by atoms with Gasteiger partial charge in [-0.3, -0.25) is 9.69 Å². The number of nitrogens with zero attached hydrogens (tertiary/aromatic N) is 3. The molecule has 2 aliphatic rings. The van der Waals surface area contributed by atoms with E-state index in [1.54, 1.807) is 14.2 Å². The van der Waals surface area contributed by atoms with Gasteiger partial charge in [-0.05, 0) is 31.4 Å². The first-order chi connectivity index (χ1) is 12.5. The van der Waals surface area contributed by atoms with Crippen molar-refractivity contribution >= 4 is 17.6 Å². The molecule has 1 fully saturated rings. The molecular formula is C20H30N4O2. The Morgan fingerprint density at radius 3 is 2.88 bits per heavy atom. The molecule has 1 unspecified atom stereocenters. The van der Waals surface area contributed by atoms with Gasteiger partial charge in [0.2, 0.25) is 0 Å². The molecule has 6 heteroatoms. The van der Waals surface area contributed by atoms with Crippen molar-refractivity contribution in [1.82, 2.24) is 4.90 Å². The Morgan fingerprint density at radius 1 is 1.42 bits per heavy atom. The highest BCUT2D eigenvalue weighted by atomic mass is 16.5. The van der Waals surface area contributed by atoms with Gasteiger partial charge in [0.05, 0.1) is 7.11 Å². The molecule has 0 aliphatic carbocycles. The Kier molecular flexibility index (Phi) is 5.39. The Labute approximate surface area is 156 Å². The van der Waals surface area contributed by atoms with Crippen LogP contribution < -0.4 is 15.4 Å². The minimum atomic E-state index is -0.702. The molecule has 2 atom stereocenters. The summed E-state index contributed by atoms with van der Waals surface area (Å²) in [7, 11) is 3.42. The van der Waals surface area contributed by atoms with Crippen LogP contribution in [-0.2, 0) is 4.79 Å². The average Bonchev–Trinajstić information content (AvgIpc) is 2.91. The van der Waals surface area contributed by atoms with Crippen molar-refractivity contribution in [2.75, 3.05) is 32.1 Å². The maximum Gasteiger partial charge on any atom is 0.257 e. The first-order valence-corrected chi connectivity index (χ1v) is 9.54. The molecule has 0 bridgehead atoms. The number of rotatable bonds is 6. The molecule has 1 amide bonds. The van der Waals surface area contributed by atoms with Crippen LogP contribution in [0.4, 0.5) is 5.69 Å². The number of carbonyl (C=O) groups is 1. The predicted molar refractivity (Wildman–Crippen MR) is 105 cm³/mol. The summed E-state index contributed by atoms with van der Waals surface area (Å²) in [6.07, 6.45) is 4.83. The lowest BCUT2D eigenvalue weighted by molar-refractivity contribution is -0.132. The van der Waals surface area contributed by atoms with Crippen LogP contribution >= 0.6 is 0 Å². The lowest BCUT2D eigenvalue weighted by Crippen LogP contribution is -2.52. The van der Waals surface area contributed by atoms with E-state index in [1.165, 1.54) is 4.90 Å². The monoisotopic (exact) mass is 358 g/mol. The van der Waals surface area contributed by atoms with Gasteiger partial charge in [0.25, 0.3) is 5.91 Å². The summed E-state index contributed by atoms with van der Waals surface area (Å²) < 4.78 is 5.36. The number of hydrogen-bond donors (Lipinski definition) is 1. The SMILES string of the molecule is CCCCC1([C@@H]2CCCN(c3cccc(OC)c3)C2)N=C(N)N(C)C1=O. The van der Waals surface area contributed by atoms with Crippen molar-refractivity contribution in [2.24, 2.45) is 16.6 Å². The number of likely N-dealkylation sites (N-methyl/N-ethyl adjacent to an activating group) is 1. The van der Waals surface area contributed by atoms with Crippen molar-refractivity contribution in [3.8, 4) is 5.75 Å². The quantitative estimate of drug-likeness (QED) is 0.848. The Hall–Kier alpha value is -2.24. The van der Waals surface area contributed by atoms with Gasteiger partial charge in [0.1, 0.15) is 11.3 Å². The van der Waals surface area contributed by atoms with Crippen molar-refractivity contribution in [3.05, 3.63) is 24.3 Å². The van der Waals surface area contributed by atoms with Crippen LogP contribution in [0.2, 0.25) is 0 Å². The molecule has 142 valence electrons. The molecule has 3 rings (SSSR count). The van der Waals surface area contributed by atoms with E-state index in [1.807, 2.05) is 12.1 Å². The topological polar surface area (TPSA) is 71.2 Å². The second-order valence-corrected chi connectivity index (χ2v) is 7.35. The maximum absolute atomic E-state index is 13.1. The van der Waals surface area contributed by atoms with Crippen molar-refractivity contribution < 1.29 is 9.53 Å². The Bertz CT molecular complexity index is 690. The smallest absolute Gasteiger partial charge is 0.257 e. The van der Waals surface area contributed by atoms with Crippen molar-refractivity contribution in [1.29, 1.82) is 0 Å². The second kappa shape index (κ2) is 7.56. The van der Waals surface area contributed by atoms with Crippen LogP contribution in [0.3, 0.4) is 0 Å². The molecule has 0 aromatic heterocycles. The van der Waals surface area contributed by atoms with E-state index < -0.39 is 5.54 Å². The molecular weight excluding hydrogens is 328 g/mol. The van der Waals surface area contributed by atoms with E-state index in [4.69, 9.17) is 15.5 Å². The number of nitrogens with two attached hydrogens (primary N) is 1. The molecule has 2 aliphatic heterocycles. The van der Waals surface area contributed by atoms with E-state index in [9.17, 15) is 4.79 Å². The standard InChI is InChI=1S/C20H30N4O2/c1-4-5-11-20(18(25)23(2)19(21)22-20)15-8-7-12-24(14-15)16-9-6-10-17(13-16)26-3/h6,9-10,13,15H,4-5,7-8,11-12,14H2,1-3H3,(H2,21,22)/t15-,20?/m1/s1. The fourth-order valence-electron chi connectivity index (χ4n) is 4.21. The largest absolute Gasteiger partial charge is 0.497 e. The molecule has 6 nitrogen and oxygen atoms in total. The molecule has 1 saturated heterocycles. The minimum absolute atomic E-state index is 0.0564. The summed E-state index contributed by atoms with van der Waals surface area (Å²) in [5.74, 6) is 1.43. The number of guanidine groups is 1. The number of anilines is 1. The second-order valence-electron chi connectivity index (χ2n) is 7.35. The molecule has 2 heterocycles. The molecule has 1 aromatic carbocycles. The summed E-state index contributed by atoms with van der Waals surface area (Å²) in [5, 5.41) is 0. The number of ether oxygens (including phenoxy) is 1. The molecule has 0 radical (unpaired) electrons. The molecule has 1 aromatic rings. The highest BCUT2D eigenvalue weighted by Gasteiger charge is 2.52. The number of aliphatic imine (C=N–C) groups is 1. The van der Waals surface area contributed by atoms with Crippen LogP contribution in [-0.4, -0.2) is 49.6 Å². The lowest BCUT2D eigenvalue weighted by atomic mass is 9.75. The van der Waals surface area contributed by atoms with Gasteiger partial charge in [-0.2, -0.15) is 0 Å². The lowest BCUT2D eigenvalue weighted by Gasteiger charge is -2.41. The third-order valence-electron chi connectivity index (χ3n) is 5.76. The van der Waals surface area contributed by atoms with E-state index in [0.29, 0.717) is 5.96 Å². The van der Waals surface area contributed by atoms with Gasteiger partial charge in [-0.1, -0.05) is 25.8 Å². The van der Waals surface area contributed by atoms with Gasteiger partial charge in [0, 0.05) is 37.8 Å². The Balaban J connectivity index is 1.87. The fourth-order valence-corrected chi connectivity index (χ4v) is 4.21.